The molecule has 4 heteroatoms. The summed E-state index contributed by atoms with van der Waals surface area (Å²) in [6, 6.07) is 8.22. The van der Waals surface area contributed by atoms with Crippen molar-refractivity contribution in [1.82, 2.24) is 9.97 Å². The highest BCUT2D eigenvalue weighted by Crippen LogP contribution is 2.10. The van der Waals surface area contributed by atoms with E-state index in [9.17, 15) is 0 Å². The summed E-state index contributed by atoms with van der Waals surface area (Å²) in [5, 5.41) is 0. The second-order valence-corrected chi connectivity index (χ2v) is 5.24. The lowest BCUT2D eigenvalue weighted by molar-refractivity contribution is 0.602. The van der Waals surface area contributed by atoms with Crippen LogP contribution in [0.4, 0.5) is 0 Å². The molecule has 0 bridgehead atoms. The zero-order chi connectivity index (χ0) is 12.8. The van der Waals surface area contributed by atoms with Gasteiger partial charge in [0.05, 0.1) is 0 Å². The molecule has 0 saturated carbocycles. The van der Waals surface area contributed by atoms with Gasteiger partial charge in [0.25, 0.3) is 0 Å². The second-order valence-electron chi connectivity index (χ2n) is 4.33. The first-order valence-electron chi connectivity index (χ1n) is 5.99. The Labute approximate surface area is 116 Å². The van der Waals surface area contributed by atoms with Crippen LogP contribution in [0, 0.1) is 0 Å². The van der Waals surface area contributed by atoms with Crippen LogP contribution in [0.1, 0.15) is 17.7 Å². The lowest BCUT2D eigenvalue weighted by Crippen LogP contribution is -2.24. The van der Waals surface area contributed by atoms with Crippen LogP contribution in [0.25, 0.3) is 0 Å². The number of aromatic nitrogens is 2. The Balaban J connectivity index is 1.82. The molecule has 0 aliphatic carbocycles. The molecule has 2 aromatic rings. The first-order chi connectivity index (χ1) is 8.74. The Morgan fingerprint density at radius 1 is 1.17 bits per heavy atom. The van der Waals surface area contributed by atoms with Crippen LogP contribution in [0.15, 0.2) is 47.3 Å². The fraction of sp³-hybridized carbons (Fsp3) is 0.286. The third-order valence-corrected chi connectivity index (χ3v) is 3.28. The number of aryl methyl sites for hydroxylation is 1. The SMILES string of the molecule is NC(CCc1ccncc1)Cc1ccc(Br)cn1. The van der Waals surface area contributed by atoms with Gasteiger partial charge in [-0.05, 0) is 58.6 Å². The van der Waals surface area contributed by atoms with Gasteiger partial charge >= 0.3 is 0 Å². The number of rotatable bonds is 5. The maximum absolute atomic E-state index is 6.12. The first kappa shape index (κ1) is 13.2. The summed E-state index contributed by atoms with van der Waals surface area (Å²) < 4.78 is 0.997. The quantitative estimate of drug-likeness (QED) is 0.924. The minimum atomic E-state index is 0.145. The third-order valence-electron chi connectivity index (χ3n) is 2.81. The van der Waals surface area contributed by atoms with Crippen molar-refractivity contribution in [2.45, 2.75) is 25.3 Å². The summed E-state index contributed by atoms with van der Waals surface area (Å²) in [6.07, 6.45) is 8.21. The fourth-order valence-electron chi connectivity index (χ4n) is 1.80. The molecule has 2 N–H and O–H groups in total. The van der Waals surface area contributed by atoms with E-state index >= 15 is 0 Å². The number of hydrogen-bond acceptors (Lipinski definition) is 3. The Kier molecular flexibility index (Phi) is 4.84. The smallest absolute Gasteiger partial charge is 0.0419 e. The Bertz CT molecular complexity index is 470. The van der Waals surface area contributed by atoms with E-state index in [1.165, 1.54) is 5.56 Å². The van der Waals surface area contributed by atoms with E-state index in [-0.39, 0.29) is 6.04 Å². The average molecular weight is 306 g/mol. The summed E-state index contributed by atoms with van der Waals surface area (Å²) in [7, 11) is 0. The summed E-state index contributed by atoms with van der Waals surface area (Å²) in [6.45, 7) is 0. The summed E-state index contributed by atoms with van der Waals surface area (Å²) in [5.41, 5.74) is 8.45. The van der Waals surface area contributed by atoms with Gasteiger partial charge < -0.3 is 5.73 Å². The van der Waals surface area contributed by atoms with Gasteiger partial charge in [0.1, 0.15) is 0 Å². The van der Waals surface area contributed by atoms with Gasteiger partial charge in [-0.3, -0.25) is 9.97 Å². The standard InChI is InChI=1S/C14H16BrN3/c15-12-2-4-14(18-10-12)9-13(16)3-1-11-5-7-17-8-6-11/h2,4-8,10,13H,1,3,9,16H2. The predicted molar refractivity (Wildman–Crippen MR) is 76.2 cm³/mol. The van der Waals surface area contributed by atoms with Crippen LogP contribution in [0.2, 0.25) is 0 Å². The van der Waals surface area contributed by atoms with Crippen molar-refractivity contribution >= 4 is 15.9 Å². The van der Waals surface area contributed by atoms with Crippen LogP contribution in [0.5, 0.6) is 0 Å². The topological polar surface area (TPSA) is 51.8 Å². The second kappa shape index (κ2) is 6.61. The molecule has 2 aromatic heterocycles. The fourth-order valence-corrected chi connectivity index (χ4v) is 2.03. The van der Waals surface area contributed by atoms with Gasteiger partial charge in [-0.25, -0.2) is 0 Å². The Morgan fingerprint density at radius 3 is 2.61 bits per heavy atom. The molecule has 2 rings (SSSR count). The van der Waals surface area contributed by atoms with Gasteiger partial charge in [0.15, 0.2) is 0 Å². The molecule has 3 nitrogen and oxygen atoms in total. The number of nitrogens with zero attached hydrogens (tertiary/aromatic N) is 2. The number of pyridine rings is 2. The molecule has 0 aliphatic heterocycles. The normalized spacial score (nSPS) is 12.3. The van der Waals surface area contributed by atoms with Gasteiger partial charge in [-0.1, -0.05) is 0 Å². The van der Waals surface area contributed by atoms with E-state index < -0.39 is 0 Å². The molecule has 0 amide bonds. The lowest BCUT2D eigenvalue weighted by Gasteiger charge is -2.11. The van der Waals surface area contributed by atoms with Gasteiger partial charge in [-0.2, -0.15) is 0 Å². The molecule has 0 aromatic carbocycles. The highest BCUT2D eigenvalue weighted by atomic mass is 79.9. The van der Waals surface area contributed by atoms with Gasteiger partial charge in [0, 0.05) is 41.2 Å². The highest BCUT2D eigenvalue weighted by molar-refractivity contribution is 9.10. The summed E-state index contributed by atoms with van der Waals surface area (Å²) in [4.78, 5) is 8.34. The molecule has 1 unspecified atom stereocenters. The molecule has 1 atom stereocenters. The van der Waals surface area contributed by atoms with E-state index in [0.29, 0.717) is 0 Å². The lowest BCUT2D eigenvalue weighted by atomic mass is 10.0. The van der Waals surface area contributed by atoms with Crippen molar-refractivity contribution in [2.24, 2.45) is 5.73 Å². The zero-order valence-electron chi connectivity index (χ0n) is 10.1. The van der Waals surface area contributed by atoms with E-state index in [4.69, 9.17) is 5.73 Å². The molecular weight excluding hydrogens is 290 g/mol. The predicted octanol–water partition coefficient (Wildman–Crippen LogP) is 2.74. The Morgan fingerprint density at radius 2 is 1.94 bits per heavy atom. The maximum Gasteiger partial charge on any atom is 0.0419 e. The van der Waals surface area contributed by atoms with Gasteiger partial charge in [0.2, 0.25) is 0 Å². The van der Waals surface area contributed by atoms with Gasteiger partial charge in [-0.15, -0.1) is 0 Å². The minimum absolute atomic E-state index is 0.145. The van der Waals surface area contributed by atoms with E-state index in [1.807, 2.05) is 42.9 Å². The van der Waals surface area contributed by atoms with E-state index in [1.54, 1.807) is 0 Å². The summed E-state index contributed by atoms with van der Waals surface area (Å²) >= 11 is 3.37. The molecule has 0 spiro atoms. The third kappa shape index (κ3) is 4.20. The summed E-state index contributed by atoms with van der Waals surface area (Å²) in [5.74, 6) is 0. The molecule has 0 saturated heterocycles. The maximum atomic E-state index is 6.12. The molecule has 0 fully saturated rings. The average Bonchev–Trinajstić information content (AvgIpc) is 2.40. The first-order valence-corrected chi connectivity index (χ1v) is 6.78. The van der Waals surface area contributed by atoms with Crippen LogP contribution in [-0.4, -0.2) is 16.0 Å². The molecule has 18 heavy (non-hydrogen) atoms. The number of nitrogens with two attached hydrogens (primary N) is 1. The van der Waals surface area contributed by atoms with E-state index in [2.05, 4.69) is 25.9 Å². The highest BCUT2D eigenvalue weighted by Gasteiger charge is 2.05. The molecular formula is C14H16BrN3. The van der Waals surface area contributed by atoms with Crippen molar-refractivity contribution in [2.75, 3.05) is 0 Å². The Hall–Kier alpha value is -1.26. The van der Waals surface area contributed by atoms with Crippen molar-refractivity contribution in [3.8, 4) is 0 Å². The van der Waals surface area contributed by atoms with Crippen LogP contribution < -0.4 is 5.73 Å². The molecule has 2 heterocycles. The largest absolute Gasteiger partial charge is 0.327 e. The van der Waals surface area contributed by atoms with Crippen LogP contribution in [0.3, 0.4) is 0 Å². The number of hydrogen-bond donors (Lipinski definition) is 1. The molecule has 0 radical (unpaired) electrons. The number of halogens is 1. The zero-order valence-corrected chi connectivity index (χ0v) is 11.7. The molecule has 94 valence electrons. The monoisotopic (exact) mass is 305 g/mol. The van der Waals surface area contributed by atoms with Crippen molar-refractivity contribution in [3.63, 3.8) is 0 Å². The van der Waals surface area contributed by atoms with Crippen molar-refractivity contribution in [1.29, 1.82) is 0 Å². The minimum Gasteiger partial charge on any atom is -0.327 e. The van der Waals surface area contributed by atoms with Crippen molar-refractivity contribution in [3.05, 3.63) is 58.6 Å². The van der Waals surface area contributed by atoms with E-state index in [0.717, 1.165) is 29.4 Å². The molecule has 0 aliphatic rings. The van der Waals surface area contributed by atoms with Crippen LogP contribution in [-0.2, 0) is 12.8 Å². The van der Waals surface area contributed by atoms with Crippen molar-refractivity contribution < 1.29 is 0 Å². The van der Waals surface area contributed by atoms with Crippen LogP contribution >= 0.6 is 15.9 Å².